The molecule has 0 aliphatic heterocycles. The van der Waals surface area contributed by atoms with Gasteiger partial charge in [-0.1, -0.05) is 12.1 Å². The first-order valence-corrected chi connectivity index (χ1v) is 8.56. The van der Waals surface area contributed by atoms with Gasteiger partial charge in [0.15, 0.2) is 0 Å². The number of esters is 1. The van der Waals surface area contributed by atoms with Crippen molar-refractivity contribution >= 4 is 22.8 Å². The largest absolute Gasteiger partial charge is 1.00 e. The zero-order valence-corrected chi connectivity index (χ0v) is 17.1. The Morgan fingerprint density at radius 3 is 2.54 bits per heavy atom. The number of carbonyl (C=O) groups is 1. The molecule has 0 amide bonds. The molecule has 2 N–H and O–H groups in total. The van der Waals surface area contributed by atoms with Gasteiger partial charge in [-0.3, -0.25) is 0 Å². The Balaban J connectivity index is 0.00000169. The summed E-state index contributed by atoms with van der Waals surface area (Å²) in [6.45, 7) is 9.56. The molecule has 0 aliphatic rings. The van der Waals surface area contributed by atoms with E-state index < -0.39 is 0 Å². The number of aryl methyl sites for hydroxylation is 2. The summed E-state index contributed by atoms with van der Waals surface area (Å²) >= 11 is 0. The lowest BCUT2D eigenvalue weighted by molar-refractivity contribution is -0.896. The van der Waals surface area contributed by atoms with Crippen molar-refractivity contribution in [3.63, 3.8) is 0 Å². The Bertz CT molecular complexity index is 884. The summed E-state index contributed by atoms with van der Waals surface area (Å²) in [4.78, 5) is 17.4. The van der Waals surface area contributed by atoms with Gasteiger partial charge < -0.3 is 34.5 Å². The molecule has 0 saturated heterocycles. The molecule has 0 saturated carbocycles. The van der Waals surface area contributed by atoms with Gasteiger partial charge in [0.1, 0.15) is 29.9 Å². The minimum Gasteiger partial charge on any atom is -1.00 e. The fourth-order valence-electron chi connectivity index (χ4n) is 3.28. The predicted molar refractivity (Wildman–Crippen MR) is 92.4 cm³/mol. The second kappa shape index (κ2) is 9.26. The van der Waals surface area contributed by atoms with E-state index in [0.717, 1.165) is 42.1 Å². The first-order chi connectivity index (χ1) is 11.6. The Morgan fingerprint density at radius 1 is 1.23 bits per heavy atom. The molecule has 0 bridgehead atoms. The molecular weight excluding hydrogens is 375 g/mol. The van der Waals surface area contributed by atoms with Gasteiger partial charge in [0.05, 0.1) is 20.1 Å². The summed E-state index contributed by atoms with van der Waals surface area (Å²) in [6, 6.07) is 8.05. The average molecular weight is 401 g/mol. The summed E-state index contributed by atoms with van der Waals surface area (Å²) in [5, 5.41) is 0. The molecule has 2 heterocycles. The molecular formula is C18H26Cl2N4O2. The minimum absolute atomic E-state index is 0. The average Bonchev–Trinajstić information content (AvgIpc) is 3.07. The predicted octanol–water partition coefficient (Wildman–Crippen LogP) is -5.36. The normalized spacial score (nSPS) is 10.8. The van der Waals surface area contributed by atoms with Crippen molar-refractivity contribution in [1.29, 1.82) is 0 Å². The van der Waals surface area contributed by atoms with Crippen LogP contribution >= 0.6 is 0 Å². The first-order valence-electron chi connectivity index (χ1n) is 8.56. The van der Waals surface area contributed by atoms with Gasteiger partial charge in [-0.05, 0) is 32.9 Å². The van der Waals surface area contributed by atoms with Crippen LogP contribution in [0.1, 0.15) is 30.0 Å². The molecule has 3 rings (SSSR count). The molecule has 26 heavy (non-hydrogen) atoms. The van der Waals surface area contributed by atoms with Gasteiger partial charge in [-0.25, -0.2) is 14.3 Å². The zero-order chi connectivity index (χ0) is 17.3. The molecule has 3 aromatic rings. The number of aromatic amines is 1. The second-order valence-corrected chi connectivity index (χ2v) is 6.15. The van der Waals surface area contributed by atoms with E-state index in [0.29, 0.717) is 12.3 Å². The number of ether oxygens (including phenoxy) is 1. The van der Waals surface area contributed by atoms with E-state index in [1.807, 2.05) is 42.6 Å². The van der Waals surface area contributed by atoms with E-state index >= 15 is 0 Å². The lowest BCUT2D eigenvalue weighted by Gasteiger charge is -2.14. The quantitative estimate of drug-likeness (QED) is 0.320. The smallest absolute Gasteiger partial charge is 0.374 e. The molecule has 0 spiro atoms. The van der Waals surface area contributed by atoms with E-state index in [2.05, 4.69) is 23.4 Å². The van der Waals surface area contributed by atoms with Crippen molar-refractivity contribution in [3.8, 4) is 0 Å². The van der Waals surface area contributed by atoms with Crippen LogP contribution in [0.25, 0.3) is 16.8 Å². The number of halogens is 2. The van der Waals surface area contributed by atoms with Crippen LogP contribution in [0.2, 0.25) is 0 Å². The van der Waals surface area contributed by atoms with E-state index in [1.54, 1.807) is 0 Å². The highest BCUT2D eigenvalue weighted by Crippen LogP contribution is 2.19. The first kappa shape index (κ1) is 22.3. The Labute approximate surface area is 165 Å². The van der Waals surface area contributed by atoms with Crippen molar-refractivity contribution in [3.05, 3.63) is 35.7 Å². The van der Waals surface area contributed by atoms with Gasteiger partial charge in [0, 0.05) is 0 Å². The second-order valence-electron chi connectivity index (χ2n) is 6.15. The number of H-pyrrole nitrogens is 1. The highest BCUT2D eigenvalue weighted by atomic mass is 35.5. The number of hydrogen-bond acceptors (Lipinski definition) is 2. The molecule has 8 heteroatoms. The number of nitrogens with one attached hydrogen (secondary N) is 2. The number of carbonyl (C=O) groups excluding carboxylic acids is 1. The van der Waals surface area contributed by atoms with Crippen LogP contribution in [0, 0.1) is 6.92 Å². The number of imidazole rings is 2. The Hall–Kier alpha value is -1.76. The van der Waals surface area contributed by atoms with E-state index in [4.69, 9.17) is 4.74 Å². The van der Waals surface area contributed by atoms with Crippen LogP contribution in [0.3, 0.4) is 0 Å². The third kappa shape index (κ3) is 3.82. The lowest BCUT2D eigenvalue weighted by atomic mass is 10.3. The summed E-state index contributed by atoms with van der Waals surface area (Å²) in [7, 11) is 1.99. The van der Waals surface area contributed by atoms with Crippen molar-refractivity contribution in [2.24, 2.45) is 7.05 Å². The van der Waals surface area contributed by atoms with Crippen molar-refractivity contribution < 1.29 is 43.8 Å². The van der Waals surface area contributed by atoms with Gasteiger partial charge >= 0.3 is 11.7 Å². The number of nitrogens with zero attached hydrogens (tertiary/aromatic N) is 2. The number of likely N-dealkylation sites (N-methyl/N-ethyl adjacent to an activating group) is 1. The van der Waals surface area contributed by atoms with Gasteiger partial charge in [-0.2, -0.15) is 4.40 Å². The summed E-state index contributed by atoms with van der Waals surface area (Å²) in [5.41, 5.74) is 3.48. The standard InChI is InChI=1S/C18H24N4O2.2ClH/c1-5-21(6-2)11-12-24-17(23)16-13(3)19-18-20(4)14-9-7-8-10-15(14)22(16)18;;/h7-10H,5-6,11-12H2,1-4H3;2*1H. The number of benzene rings is 1. The Kier molecular flexibility index (Phi) is 7.93. The van der Waals surface area contributed by atoms with Crippen molar-refractivity contribution in [1.82, 2.24) is 9.38 Å². The maximum Gasteiger partial charge on any atom is 0.374 e. The summed E-state index contributed by atoms with van der Waals surface area (Å²) in [6.07, 6.45) is 0. The number of fused-ring (bicyclic) bond motifs is 3. The van der Waals surface area contributed by atoms with Crippen molar-refractivity contribution in [2.45, 2.75) is 20.8 Å². The fraction of sp³-hybridized carbons (Fsp3) is 0.444. The molecule has 144 valence electrons. The molecule has 0 aliphatic carbocycles. The highest BCUT2D eigenvalue weighted by Gasteiger charge is 2.28. The maximum atomic E-state index is 12.7. The molecule has 6 nitrogen and oxygen atoms in total. The van der Waals surface area contributed by atoms with E-state index in [9.17, 15) is 4.79 Å². The third-order valence-corrected chi connectivity index (χ3v) is 4.77. The van der Waals surface area contributed by atoms with Crippen LogP contribution in [0.4, 0.5) is 0 Å². The number of quaternary nitrogens is 1. The number of hydrogen-bond donors (Lipinski definition) is 2. The molecule has 0 fully saturated rings. The van der Waals surface area contributed by atoms with Crippen LogP contribution in [0.15, 0.2) is 24.3 Å². The number of aromatic nitrogens is 3. The monoisotopic (exact) mass is 400 g/mol. The minimum atomic E-state index is -0.272. The summed E-state index contributed by atoms with van der Waals surface area (Å²) < 4.78 is 9.57. The molecule has 1 aromatic carbocycles. The van der Waals surface area contributed by atoms with E-state index in [-0.39, 0.29) is 30.8 Å². The van der Waals surface area contributed by atoms with Crippen LogP contribution in [-0.2, 0) is 11.8 Å². The van der Waals surface area contributed by atoms with Crippen LogP contribution in [0.5, 0.6) is 0 Å². The van der Waals surface area contributed by atoms with Crippen LogP contribution < -0.4 is 34.3 Å². The SMILES string of the molecule is CC[NH+](CC)CCOC(=O)c1c(C)[nH]c2n1c1ccccc1[n+]2C.[Cl-].[Cl-]. The molecule has 0 unspecified atom stereocenters. The van der Waals surface area contributed by atoms with E-state index in [1.165, 1.54) is 4.90 Å². The Morgan fingerprint density at radius 2 is 1.88 bits per heavy atom. The lowest BCUT2D eigenvalue weighted by Crippen LogP contribution is -3.11. The molecule has 2 aromatic heterocycles. The van der Waals surface area contributed by atoms with Crippen molar-refractivity contribution in [2.75, 3.05) is 26.2 Å². The maximum absolute atomic E-state index is 12.7. The van der Waals surface area contributed by atoms with Gasteiger partial charge in [0.25, 0.3) is 0 Å². The number of para-hydroxylation sites is 2. The molecule has 0 radical (unpaired) electrons. The summed E-state index contributed by atoms with van der Waals surface area (Å²) in [5.74, 6) is 0.613. The van der Waals surface area contributed by atoms with Gasteiger partial charge in [0.2, 0.25) is 5.69 Å². The topological polar surface area (TPSA) is 54.8 Å². The molecule has 0 atom stereocenters. The fourth-order valence-corrected chi connectivity index (χ4v) is 3.28. The third-order valence-electron chi connectivity index (χ3n) is 4.77. The van der Waals surface area contributed by atoms with Gasteiger partial charge in [-0.15, -0.1) is 0 Å². The highest BCUT2D eigenvalue weighted by molar-refractivity contribution is 5.92. The zero-order valence-electron chi connectivity index (χ0n) is 15.6. The van der Waals surface area contributed by atoms with Crippen LogP contribution in [-0.4, -0.2) is 41.6 Å². The number of rotatable bonds is 6.